The van der Waals surface area contributed by atoms with Crippen LogP contribution in [0, 0.1) is 5.41 Å². The van der Waals surface area contributed by atoms with Crippen LogP contribution in [0.2, 0.25) is 0 Å². The molecule has 0 radical (unpaired) electrons. The van der Waals surface area contributed by atoms with Crippen LogP contribution in [0.1, 0.15) is 27.2 Å². The molecule has 1 atom stereocenters. The lowest BCUT2D eigenvalue weighted by molar-refractivity contribution is 0.203. The predicted molar refractivity (Wildman–Crippen MR) is 92.0 cm³/mol. The van der Waals surface area contributed by atoms with Gasteiger partial charge in [0.15, 0.2) is 0 Å². The van der Waals surface area contributed by atoms with E-state index in [1.165, 1.54) is 31.7 Å². The molecule has 21 heavy (non-hydrogen) atoms. The topological polar surface area (TPSA) is 18.5 Å². The van der Waals surface area contributed by atoms with E-state index in [2.05, 4.69) is 73.3 Å². The third kappa shape index (κ3) is 4.72. The molecule has 1 saturated heterocycles. The van der Waals surface area contributed by atoms with Crippen molar-refractivity contribution in [2.45, 2.75) is 33.2 Å². The van der Waals surface area contributed by atoms with Crippen LogP contribution in [-0.4, -0.2) is 50.7 Å². The standard InChI is InChI=1S/C18H31N3/c1-18(2,3)17(19-4)10-11-20-12-14-21(15-13-20)16-8-6-5-7-9-16/h5-9,17,19H,10-15H2,1-4H3. The number of benzene rings is 1. The number of para-hydroxylation sites is 1. The van der Waals surface area contributed by atoms with Crippen molar-refractivity contribution in [3.8, 4) is 0 Å². The molecular weight excluding hydrogens is 258 g/mol. The Morgan fingerprint density at radius 1 is 1.05 bits per heavy atom. The molecule has 0 saturated carbocycles. The molecule has 3 nitrogen and oxygen atoms in total. The molecule has 118 valence electrons. The summed E-state index contributed by atoms with van der Waals surface area (Å²) in [4.78, 5) is 5.10. The third-order valence-electron chi connectivity index (χ3n) is 4.62. The average Bonchev–Trinajstić information content (AvgIpc) is 2.48. The van der Waals surface area contributed by atoms with Gasteiger partial charge in [0.05, 0.1) is 0 Å². The third-order valence-corrected chi connectivity index (χ3v) is 4.62. The van der Waals surface area contributed by atoms with Crippen LogP contribution in [0.25, 0.3) is 0 Å². The van der Waals surface area contributed by atoms with E-state index in [1.54, 1.807) is 0 Å². The second-order valence-corrected chi connectivity index (χ2v) is 7.16. The maximum atomic E-state index is 3.48. The van der Waals surface area contributed by atoms with Crippen molar-refractivity contribution in [1.82, 2.24) is 10.2 Å². The van der Waals surface area contributed by atoms with E-state index in [-0.39, 0.29) is 0 Å². The van der Waals surface area contributed by atoms with Crippen molar-refractivity contribution in [3.63, 3.8) is 0 Å². The lowest BCUT2D eigenvalue weighted by Gasteiger charge is -2.38. The molecule has 1 aromatic carbocycles. The maximum absolute atomic E-state index is 3.48. The highest BCUT2D eigenvalue weighted by atomic mass is 15.3. The van der Waals surface area contributed by atoms with Crippen LogP contribution in [0.5, 0.6) is 0 Å². The molecule has 0 spiro atoms. The largest absolute Gasteiger partial charge is 0.369 e. The van der Waals surface area contributed by atoms with E-state index in [0.29, 0.717) is 11.5 Å². The van der Waals surface area contributed by atoms with Gasteiger partial charge < -0.3 is 10.2 Å². The summed E-state index contributed by atoms with van der Waals surface area (Å²) >= 11 is 0. The lowest BCUT2D eigenvalue weighted by atomic mass is 9.85. The van der Waals surface area contributed by atoms with Gasteiger partial charge in [-0.1, -0.05) is 39.0 Å². The van der Waals surface area contributed by atoms with Gasteiger partial charge in [-0.15, -0.1) is 0 Å². The zero-order valence-corrected chi connectivity index (χ0v) is 14.1. The molecule has 0 aliphatic carbocycles. The molecular formula is C18H31N3. The van der Waals surface area contributed by atoms with Gasteiger partial charge in [0, 0.05) is 37.9 Å². The summed E-state index contributed by atoms with van der Waals surface area (Å²) in [5.74, 6) is 0. The average molecular weight is 289 g/mol. The molecule has 1 heterocycles. The normalized spacial score (nSPS) is 18.8. The van der Waals surface area contributed by atoms with Crippen molar-refractivity contribution in [3.05, 3.63) is 30.3 Å². The number of anilines is 1. The summed E-state index contributed by atoms with van der Waals surface area (Å²) in [6, 6.07) is 11.4. The molecule has 3 heteroatoms. The fraction of sp³-hybridized carbons (Fsp3) is 0.667. The first-order chi connectivity index (χ1) is 10.0. The van der Waals surface area contributed by atoms with Crippen LogP contribution in [0.15, 0.2) is 30.3 Å². The van der Waals surface area contributed by atoms with Gasteiger partial charge in [0.1, 0.15) is 0 Å². The van der Waals surface area contributed by atoms with Crippen LogP contribution >= 0.6 is 0 Å². The molecule has 1 aliphatic rings. The minimum atomic E-state index is 0.334. The van der Waals surface area contributed by atoms with E-state index in [1.807, 2.05) is 0 Å². The number of piperazine rings is 1. The number of nitrogens with one attached hydrogen (secondary N) is 1. The summed E-state index contributed by atoms with van der Waals surface area (Å²) in [7, 11) is 2.09. The summed E-state index contributed by atoms with van der Waals surface area (Å²) in [5, 5.41) is 3.48. The van der Waals surface area contributed by atoms with E-state index in [9.17, 15) is 0 Å². The van der Waals surface area contributed by atoms with Crippen LogP contribution in [-0.2, 0) is 0 Å². The van der Waals surface area contributed by atoms with Crippen molar-refractivity contribution in [1.29, 1.82) is 0 Å². The Labute approximate surface area is 130 Å². The molecule has 2 rings (SSSR count). The fourth-order valence-corrected chi connectivity index (χ4v) is 3.19. The Bertz CT molecular complexity index is 402. The molecule has 1 aromatic rings. The lowest BCUT2D eigenvalue weighted by Crippen LogP contribution is -2.48. The summed E-state index contributed by atoms with van der Waals surface area (Å²) < 4.78 is 0. The van der Waals surface area contributed by atoms with Crippen molar-refractivity contribution in [2.24, 2.45) is 5.41 Å². The van der Waals surface area contributed by atoms with Gasteiger partial charge in [-0.2, -0.15) is 0 Å². The van der Waals surface area contributed by atoms with E-state index < -0.39 is 0 Å². The Hall–Kier alpha value is -1.06. The highest BCUT2D eigenvalue weighted by Crippen LogP contribution is 2.22. The van der Waals surface area contributed by atoms with E-state index in [0.717, 1.165) is 13.1 Å². The quantitative estimate of drug-likeness (QED) is 0.899. The second kappa shape index (κ2) is 7.28. The second-order valence-electron chi connectivity index (χ2n) is 7.16. The van der Waals surface area contributed by atoms with Gasteiger partial charge in [-0.25, -0.2) is 0 Å². The summed E-state index contributed by atoms with van der Waals surface area (Å²) in [6.45, 7) is 12.8. The van der Waals surface area contributed by atoms with Crippen molar-refractivity contribution in [2.75, 3.05) is 44.7 Å². The maximum Gasteiger partial charge on any atom is 0.0367 e. The van der Waals surface area contributed by atoms with Gasteiger partial charge in [-0.05, 0) is 37.6 Å². The Kier molecular flexibility index (Phi) is 5.65. The van der Waals surface area contributed by atoms with Gasteiger partial charge in [0.2, 0.25) is 0 Å². The number of rotatable bonds is 5. The summed E-state index contributed by atoms with van der Waals surface area (Å²) in [6.07, 6.45) is 1.23. The Morgan fingerprint density at radius 3 is 2.19 bits per heavy atom. The predicted octanol–water partition coefficient (Wildman–Crippen LogP) is 2.83. The zero-order valence-electron chi connectivity index (χ0n) is 14.1. The molecule has 1 N–H and O–H groups in total. The minimum absolute atomic E-state index is 0.334. The van der Waals surface area contributed by atoms with Gasteiger partial charge in [-0.3, -0.25) is 4.90 Å². The molecule has 0 aromatic heterocycles. The minimum Gasteiger partial charge on any atom is -0.369 e. The number of hydrogen-bond donors (Lipinski definition) is 1. The number of hydrogen-bond acceptors (Lipinski definition) is 3. The monoisotopic (exact) mass is 289 g/mol. The molecule has 0 bridgehead atoms. The van der Waals surface area contributed by atoms with E-state index in [4.69, 9.17) is 0 Å². The van der Waals surface area contributed by atoms with E-state index >= 15 is 0 Å². The molecule has 0 amide bonds. The van der Waals surface area contributed by atoms with Crippen LogP contribution in [0.3, 0.4) is 0 Å². The van der Waals surface area contributed by atoms with Gasteiger partial charge in [0.25, 0.3) is 0 Å². The van der Waals surface area contributed by atoms with Crippen LogP contribution < -0.4 is 10.2 Å². The molecule has 1 fully saturated rings. The van der Waals surface area contributed by atoms with Crippen molar-refractivity contribution < 1.29 is 0 Å². The zero-order chi connectivity index (χ0) is 15.3. The fourth-order valence-electron chi connectivity index (χ4n) is 3.19. The van der Waals surface area contributed by atoms with Crippen LogP contribution in [0.4, 0.5) is 5.69 Å². The molecule has 1 aliphatic heterocycles. The van der Waals surface area contributed by atoms with Gasteiger partial charge >= 0.3 is 0 Å². The highest BCUT2D eigenvalue weighted by molar-refractivity contribution is 5.46. The number of nitrogens with zero attached hydrogens (tertiary/aromatic N) is 2. The Balaban J connectivity index is 1.77. The van der Waals surface area contributed by atoms with Crippen molar-refractivity contribution >= 4 is 5.69 Å². The Morgan fingerprint density at radius 2 is 1.67 bits per heavy atom. The first-order valence-corrected chi connectivity index (χ1v) is 8.20. The SMILES string of the molecule is CNC(CCN1CCN(c2ccccc2)CC1)C(C)(C)C. The molecule has 1 unspecified atom stereocenters. The smallest absolute Gasteiger partial charge is 0.0367 e. The summed E-state index contributed by atoms with van der Waals surface area (Å²) in [5.41, 5.74) is 1.69. The first-order valence-electron chi connectivity index (χ1n) is 8.20. The highest BCUT2D eigenvalue weighted by Gasteiger charge is 2.24. The first kappa shape index (κ1) is 16.3.